The Balaban J connectivity index is 2.36. The minimum absolute atomic E-state index is 0.202. The standard InChI is InChI=1S/C19H26N2/c1-5-21(19-9-7-6-8-14(19)2)18-11-10-17(13-16(4)20)15(3)12-18/h6-12,16H,5,13,20H2,1-4H3. The molecule has 0 aliphatic carbocycles. The molecule has 2 aromatic rings. The van der Waals surface area contributed by atoms with Crippen molar-refractivity contribution in [3.05, 3.63) is 59.2 Å². The number of nitrogens with two attached hydrogens (primary N) is 1. The number of hydrogen-bond acceptors (Lipinski definition) is 2. The zero-order chi connectivity index (χ0) is 15.4. The van der Waals surface area contributed by atoms with Gasteiger partial charge >= 0.3 is 0 Å². The summed E-state index contributed by atoms with van der Waals surface area (Å²) in [6.45, 7) is 9.54. The zero-order valence-corrected chi connectivity index (χ0v) is 13.6. The normalized spacial score (nSPS) is 12.2. The van der Waals surface area contributed by atoms with E-state index in [2.05, 4.69) is 75.1 Å². The molecule has 2 heteroatoms. The van der Waals surface area contributed by atoms with Gasteiger partial charge in [-0.05, 0) is 69.0 Å². The Kier molecular flexibility index (Phi) is 5.03. The van der Waals surface area contributed by atoms with Crippen LogP contribution >= 0.6 is 0 Å². The lowest BCUT2D eigenvalue weighted by atomic mass is 10.0. The van der Waals surface area contributed by atoms with Gasteiger partial charge in [-0.3, -0.25) is 0 Å². The topological polar surface area (TPSA) is 29.3 Å². The first-order valence-electron chi connectivity index (χ1n) is 7.71. The fourth-order valence-corrected chi connectivity index (χ4v) is 2.78. The first-order chi connectivity index (χ1) is 10.0. The van der Waals surface area contributed by atoms with E-state index in [1.807, 2.05) is 0 Å². The minimum atomic E-state index is 0.202. The Hall–Kier alpha value is -1.80. The lowest BCUT2D eigenvalue weighted by Crippen LogP contribution is -2.19. The second kappa shape index (κ2) is 6.77. The van der Waals surface area contributed by atoms with Crippen molar-refractivity contribution in [1.29, 1.82) is 0 Å². The average molecular weight is 282 g/mol. The van der Waals surface area contributed by atoms with Crippen molar-refractivity contribution in [2.24, 2.45) is 5.73 Å². The molecule has 0 bridgehead atoms. The molecule has 2 nitrogen and oxygen atoms in total. The molecule has 0 aromatic heterocycles. The molecule has 0 radical (unpaired) electrons. The van der Waals surface area contributed by atoms with Gasteiger partial charge in [-0.25, -0.2) is 0 Å². The SMILES string of the molecule is CCN(c1ccc(CC(C)N)c(C)c1)c1ccccc1C. The fourth-order valence-electron chi connectivity index (χ4n) is 2.78. The van der Waals surface area contributed by atoms with E-state index in [1.54, 1.807) is 0 Å². The highest BCUT2D eigenvalue weighted by molar-refractivity contribution is 5.67. The fraction of sp³-hybridized carbons (Fsp3) is 0.368. The molecule has 2 rings (SSSR count). The molecule has 112 valence electrons. The maximum Gasteiger partial charge on any atom is 0.0440 e. The van der Waals surface area contributed by atoms with Crippen molar-refractivity contribution in [3.8, 4) is 0 Å². The summed E-state index contributed by atoms with van der Waals surface area (Å²) in [5.74, 6) is 0. The smallest absolute Gasteiger partial charge is 0.0440 e. The maximum absolute atomic E-state index is 5.92. The van der Waals surface area contributed by atoms with Gasteiger partial charge in [-0.15, -0.1) is 0 Å². The molecule has 1 unspecified atom stereocenters. The Morgan fingerprint density at radius 2 is 1.76 bits per heavy atom. The predicted octanol–water partition coefficient (Wildman–Crippen LogP) is 4.35. The van der Waals surface area contributed by atoms with Crippen LogP contribution in [0.1, 0.15) is 30.5 Å². The Labute approximate surface area is 128 Å². The molecule has 0 heterocycles. The molecule has 1 atom stereocenters. The summed E-state index contributed by atoms with van der Waals surface area (Å²) in [5, 5.41) is 0. The van der Waals surface area contributed by atoms with Crippen molar-refractivity contribution >= 4 is 11.4 Å². The van der Waals surface area contributed by atoms with Gasteiger partial charge in [0.1, 0.15) is 0 Å². The highest BCUT2D eigenvalue weighted by Crippen LogP contribution is 2.29. The maximum atomic E-state index is 5.92. The summed E-state index contributed by atoms with van der Waals surface area (Å²) >= 11 is 0. The van der Waals surface area contributed by atoms with Gasteiger partial charge < -0.3 is 10.6 Å². The largest absolute Gasteiger partial charge is 0.342 e. The van der Waals surface area contributed by atoms with Gasteiger partial charge in [0.25, 0.3) is 0 Å². The predicted molar refractivity (Wildman–Crippen MR) is 92.4 cm³/mol. The lowest BCUT2D eigenvalue weighted by Gasteiger charge is -2.26. The minimum Gasteiger partial charge on any atom is -0.342 e. The van der Waals surface area contributed by atoms with Crippen LogP contribution in [0.4, 0.5) is 11.4 Å². The van der Waals surface area contributed by atoms with E-state index < -0.39 is 0 Å². The number of benzene rings is 2. The Morgan fingerprint density at radius 3 is 2.33 bits per heavy atom. The summed E-state index contributed by atoms with van der Waals surface area (Å²) < 4.78 is 0. The van der Waals surface area contributed by atoms with Gasteiger partial charge in [0.15, 0.2) is 0 Å². The highest BCUT2D eigenvalue weighted by Gasteiger charge is 2.11. The highest BCUT2D eigenvalue weighted by atomic mass is 15.1. The van der Waals surface area contributed by atoms with Gasteiger partial charge in [0.2, 0.25) is 0 Å². The summed E-state index contributed by atoms with van der Waals surface area (Å²) in [5.41, 5.74) is 12.4. The second-order valence-electron chi connectivity index (χ2n) is 5.82. The second-order valence-corrected chi connectivity index (χ2v) is 5.82. The number of aryl methyl sites for hydroxylation is 2. The number of anilines is 2. The van der Waals surface area contributed by atoms with Crippen LogP contribution in [-0.2, 0) is 6.42 Å². The van der Waals surface area contributed by atoms with Crippen LogP contribution in [0.25, 0.3) is 0 Å². The summed E-state index contributed by atoms with van der Waals surface area (Å²) in [7, 11) is 0. The van der Waals surface area contributed by atoms with Gasteiger partial charge in [0.05, 0.1) is 0 Å². The number of para-hydroxylation sites is 1. The molecule has 0 saturated heterocycles. The van der Waals surface area contributed by atoms with Crippen LogP contribution in [-0.4, -0.2) is 12.6 Å². The molecule has 0 spiro atoms. The molecule has 2 N–H and O–H groups in total. The quantitative estimate of drug-likeness (QED) is 0.883. The van der Waals surface area contributed by atoms with E-state index >= 15 is 0 Å². The number of rotatable bonds is 5. The Morgan fingerprint density at radius 1 is 1.05 bits per heavy atom. The molecule has 0 fully saturated rings. The molecular formula is C19H26N2. The molecular weight excluding hydrogens is 256 g/mol. The molecule has 21 heavy (non-hydrogen) atoms. The molecule has 0 aliphatic heterocycles. The van der Waals surface area contributed by atoms with Crippen molar-refractivity contribution in [2.45, 2.75) is 40.2 Å². The summed E-state index contributed by atoms with van der Waals surface area (Å²) in [4.78, 5) is 2.36. The van der Waals surface area contributed by atoms with Crippen molar-refractivity contribution in [3.63, 3.8) is 0 Å². The van der Waals surface area contributed by atoms with E-state index in [0.717, 1.165) is 13.0 Å². The van der Waals surface area contributed by atoms with Crippen LogP contribution in [0.3, 0.4) is 0 Å². The summed E-state index contributed by atoms with van der Waals surface area (Å²) in [6.07, 6.45) is 0.933. The molecule has 0 saturated carbocycles. The first kappa shape index (κ1) is 15.6. The third-order valence-electron chi connectivity index (χ3n) is 3.90. The zero-order valence-electron chi connectivity index (χ0n) is 13.6. The van der Waals surface area contributed by atoms with Crippen LogP contribution in [0.2, 0.25) is 0 Å². The third-order valence-corrected chi connectivity index (χ3v) is 3.90. The van der Waals surface area contributed by atoms with E-state index in [9.17, 15) is 0 Å². The van der Waals surface area contributed by atoms with Gasteiger partial charge in [-0.2, -0.15) is 0 Å². The van der Waals surface area contributed by atoms with Crippen LogP contribution < -0.4 is 10.6 Å². The van der Waals surface area contributed by atoms with Crippen LogP contribution in [0, 0.1) is 13.8 Å². The van der Waals surface area contributed by atoms with Crippen molar-refractivity contribution < 1.29 is 0 Å². The van der Waals surface area contributed by atoms with E-state index in [4.69, 9.17) is 5.73 Å². The van der Waals surface area contributed by atoms with Crippen molar-refractivity contribution in [2.75, 3.05) is 11.4 Å². The molecule has 2 aromatic carbocycles. The first-order valence-corrected chi connectivity index (χ1v) is 7.71. The lowest BCUT2D eigenvalue weighted by molar-refractivity contribution is 0.735. The molecule has 0 aliphatic rings. The van der Waals surface area contributed by atoms with Gasteiger partial charge in [0, 0.05) is 24.0 Å². The number of hydrogen-bond donors (Lipinski definition) is 1. The van der Waals surface area contributed by atoms with Crippen molar-refractivity contribution in [1.82, 2.24) is 0 Å². The average Bonchev–Trinajstić information content (AvgIpc) is 2.44. The monoisotopic (exact) mass is 282 g/mol. The molecule has 0 amide bonds. The van der Waals surface area contributed by atoms with Crippen LogP contribution in [0.15, 0.2) is 42.5 Å². The van der Waals surface area contributed by atoms with Crippen LogP contribution in [0.5, 0.6) is 0 Å². The summed E-state index contributed by atoms with van der Waals surface area (Å²) in [6, 6.07) is 15.4. The van der Waals surface area contributed by atoms with Gasteiger partial charge in [-0.1, -0.05) is 24.3 Å². The van der Waals surface area contributed by atoms with E-state index in [1.165, 1.54) is 28.1 Å². The van der Waals surface area contributed by atoms with E-state index in [0.29, 0.717) is 0 Å². The number of nitrogens with zero attached hydrogens (tertiary/aromatic N) is 1. The third kappa shape index (κ3) is 3.64. The Bertz CT molecular complexity index is 602. The van der Waals surface area contributed by atoms with E-state index in [-0.39, 0.29) is 6.04 Å².